The summed E-state index contributed by atoms with van der Waals surface area (Å²) in [5.41, 5.74) is 11.8. The van der Waals surface area contributed by atoms with Gasteiger partial charge in [-0.3, -0.25) is 9.20 Å². The van der Waals surface area contributed by atoms with Gasteiger partial charge >= 0.3 is 0 Å². The van der Waals surface area contributed by atoms with E-state index in [2.05, 4.69) is 15.6 Å². The number of aromatic nitrogens is 2. The maximum absolute atomic E-state index is 12.8. The fraction of sp³-hybridized carbons (Fsp3) is 0.300. The van der Waals surface area contributed by atoms with Crippen molar-refractivity contribution >= 4 is 34.3 Å². The summed E-state index contributed by atoms with van der Waals surface area (Å²) in [5, 5.41) is 7.80. The lowest BCUT2D eigenvalue weighted by Crippen LogP contribution is -2.36. The molecule has 152 valence electrons. The van der Waals surface area contributed by atoms with Crippen LogP contribution < -0.4 is 27.2 Å². The lowest BCUT2D eigenvalue weighted by Gasteiger charge is -2.21. The first-order valence-corrected chi connectivity index (χ1v) is 9.38. The molecule has 4 bridgehead atoms. The number of carbonyl (C=O) groups excluding carboxylic acids is 1. The van der Waals surface area contributed by atoms with Gasteiger partial charge in [0.1, 0.15) is 11.3 Å². The second-order valence-corrected chi connectivity index (χ2v) is 7.39. The molecule has 6 N–H and O–H groups in total. The number of nitrogens with zero attached hydrogens (tertiary/aromatic N) is 3. The number of benzene rings is 1. The van der Waals surface area contributed by atoms with Crippen molar-refractivity contribution in [3.63, 3.8) is 0 Å². The van der Waals surface area contributed by atoms with Gasteiger partial charge in [-0.05, 0) is 43.7 Å². The minimum Gasteiger partial charge on any atom is -0.395 e. The topological polar surface area (TPSA) is 123 Å². The molecule has 1 aliphatic rings. The summed E-state index contributed by atoms with van der Waals surface area (Å²) in [6.45, 7) is 4.46. The average molecular weight is 395 g/mol. The van der Waals surface area contributed by atoms with E-state index in [4.69, 9.17) is 16.3 Å². The molecule has 1 unspecified atom stereocenters. The molecule has 0 fully saturated rings. The molecule has 0 saturated heterocycles. The molecule has 1 aromatic carbocycles. The number of nitrogen functional groups attached to an aromatic ring is 1. The molecule has 0 aliphatic carbocycles. The predicted octanol–water partition coefficient (Wildman–Crippen LogP) is 1.93. The second kappa shape index (κ2) is 7.26. The van der Waals surface area contributed by atoms with E-state index >= 15 is 0 Å². The van der Waals surface area contributed by atoms with Crippen LogP contribution in [0.3, 0.4) is 0 Å². The third-order valence-corrected chi connectivity index (χ3v) is 4.90. The maximum Gasteiger partial charge on any atom is 0.270 e. The summed E-state index contributed by atoms with van der Waals surface area (Å²) in [5.74, 6) is 5.78. The highest BCUT2D eigenvalue weighted by atomic mass is 16.5. The number of hydrogen-bond acceptors (Lipinski definition) is 7. The van der Waals surface area contributed by atoms with Crippen LogP contribution >= 0.6 is 0 Å². The largest absolute Gasteiger partial charge is 0.395 e. The van der Waals surface area contributed by atoms with E-state index in [1.807, 2.05) is 44.3 Å². The van der Waals surface area contributed by atoms with E-state index in [1.54, 1.807) is 11.4 Å². The first kappa shape index (κ1) is 19.0. The SMILES string of the molecule is Cc1nc2ccc3cn2c1C(=O)NC(C)COCc1cc(c(N)c(N(C)N)c1)N3. The van der Waals surface area contributed by atoms with Gasteiger partial charge in [0.15, 0.2) is 0 Å². The molecule has 0 radical (unpaired) electrons. The van der Waals surface area contributed by atoms with Crippen molar-refractivity contribution in [2.24, 2.45) is 5.84 Å². The van der Waals surface area contributed by atoms with Gasteiger partial charge in [-0.15, -0.1) is 0 Å². The lowest BCUT2D eigenvalue weighted by atomic mass is 10.1. The Kier molecular flexibility index (Phi) is 4.77. The Morgan fingerprint density at radius 3 is 2.90 bits per heavy atom. The van der Waals surface area contributed by atoms with Crippen molar-refractivity contribution in [2.45, 2.75) is 26.5 Å². The minimum atomic E-state index is -0.189. The molecule has 9 heteroatoms. The van der Waals surface area contributed by atoms with Crippen LogP contribution in [-0.4, -0.2) is 35.0 Å². The Bertz CT molecular complexity index is 1090. The number of aryl methyl sites for hydroxylation is 1. The first-order valence-electron chi connectivity index (χ1n) is 9.38. The molecule has 2 aromatic heterocycles. The number of hydrogen-bond donors (Lipinski definition) is 4. The van der Waals surface area contributed by atoms with Crippen LogP contribution in [0, 0.1) is 6.92 Å². The number of imidazole rings is 1. The van der Waals surface area contributed by atoms with E-state index < -0.39 is 0 Å². The van der Waals surface area contributed by atoms with Crippen LogP contribution in [0.4, 0.5) is 22.7 Å². The van der Waals surface area contributed by atoms with Crippen LogP contribution in [0.15, 0.2) is 30.5 Å². The van der Waals surface area contributed by atoms with E-state index in [1.165, 1.54) is 5.01 Å². The molecular formula is C20H25N7O2. The molecule has 1 amide bonds. The van der Waals surface area contributed by atoms with Gasteiger partial charge in [-0.2, -0.15) is 0 Å². The van der Waals surface area contributed by atoms with E-state index in [9.17, 15) is 4.79 Å². The highest BCUT2D eigenvalue weighted by Gasteiger charge is 2.20. The predicted molar refractivity (Wildman–Crippen MR) is 113 cm³/mol. The smallest absolute Gasteiger partial charge is 0.270 e. The number of carbonyl (C=O) groups is 1. The van der Waals surface area contributed by atoms with Crippen LogP contribution in [-0.2, 0) is 11.3 Å². The fourth-order valence-electron chi connectivity index (χ4n) is 3.53. The van der Waals surface area contributed by atoms with E-state index in [0.29, 0.717) is 47.3 Å². The van der Waals surface area contributed by atoms with Crippen LogP contribution in [0.2, 0.25) is 0 Å². The highest BCUT2D eigenvalue weighted by Crippen LogP contribution is 2.33. The summed E-state index contributed by atoms with van der Waals surface area (Å²) in [7, 11) is 1.74. The number of amides is 1. The Morgan fingerprint density at radius 2 is 2.14 bits per heavy atom. The van der Waals surface area contributed by atoms with E-state index in [-0.39, 0.29) is 11.9 Å². The third kappa shape index (κ3) is 3.57. The Morgan fingerprint density at radius 1 is 1.34 bits per heavy atom. The zero-order valence-electron chi connectivity index (χ0n) is 16.7. The molecule has 29 heavy (non-hydrogen) atoms. The van der Waals surface area contributed by atoms with Gasteiger partial charge in [0.25, 0.3) is 5.91 Å². The summed E-state index contributed by atoms with van der Waals surface area (Å²) in [6.07, 6.45) is 1.84. The molecule has 3 aromatic rings. The number of rotatable bonds is 1. The summed E-state index contributed by atoms with van der Waals surface area (Å²) >= 11 is 0. The number of pyridine rings is 1. The lowest BCUT2D eigenvalue weighted by molar-refractivity contribution is 0.0815. The second-order valence-electron chi connectivity index (χ2n) is 7.39. The molecule has 3 heterocycles. The Hall–Kier alpha value is -3.30. The maximum atomic E-state index is 12.8. The van der Waals surface area contributed by atoms with Crippen LogP contribution in [0.5, 0.6) is 0 Å². The van der Waals surface area contributed by atoms with Gasteiger partial charge in [-0.1, -0.05) is 0 Å². The van der Waals surface area contributed by atoms with E-state index in [0.717, 1.165) is 11.3 Å². The summed E-state index contributed by atoms with van der Waals surface area (Å²) < 4.78 is 7.60. The van der Waals surface area contributed by atoms with Crippen molar-refractivity contribution < 1.29 is 9.53 Å². The number of ether oxygens (including phenoxy) is 1. The van der Waals surface area contributed by atoms with Gasteiger partial charge < -0.3 is 26.1 Å². The van der Waals surface area contributed by atoms with Gasteiger partial charge in [-0.25, -0.2) is 10.8 Å². The summed E-state index contributed by atoms with van der Waals surface area (Å²) in [6, 6.07) is 7.44. The van der Waals surface area contributed by atoms with Crippen LogP contribution in [0.25, 0.3) is 5.65 Å². The van der Waals surface area contributed by atoms with Crippen molar-refractivity contribution in [1.29, 1.82) is 0 Å². The zero-order valence-corrected chi connectivity index (χ0v) is 16.7. The number of nitrogens with one attached hydrogen (secondary N) is 2. The molecular weight excluding hydrogens is 370 g/mol. The molecule has 1 atom stereocenters. The van der Waals surface area contributed by atoms with Gasteiger partial charge in [0.05, 0.1) is 41.7 Å². The van der Waals surface area contributed by atoms with Crippen molar-refractivity contribution in [2.75, 3.05) is 29.7 Å². The van der Waals surface area contributed by atoms with Crippen molar-refractivity contribution in [1.82, 2.24) is 14.7 Å². The van der Waals surface area contributed by atoms with Crippen molar-refractivity contribution in [3.8, 4) is 0 Å². The molecule has 1 aliphatic heterocycles. The van der Waals surface area contributed by atoms with Crippen LogP contribution in [0.1, 0.15) is 28.7 Å². The Labute approximate surface area is 168 Å². The number of anilines is 4. The quantitative estimate of drug-likeness (QED) is 0.282. The third-order valence-electron chi connectivity index (χ3n) is 4.90. The highest BCUT2D eigenvalue weighted by molar-refractivity contribution is 5.95. The normalized spacial score (nSPS) is 17.0. The number of fused-ring (bicyclic) bond motifs is 3. The van der Waals surface area contributed by atoms with Gasteiger partial charge in [0, 0.05) is 19.3 Å². The van der Waals surface area contributed by atoms with Crippen molar-refractivity contribution in [3.05, 3.63) is 47.4 Å². The molecule has 9 nitrogen and oxygen atoms in total. The number of hydrazine groups is 1. The van der Waals surface area contributed by atoms with Gasteiger partial charge in [0.2, 0.25) is 0 Å². The standard InChI is InChI=1S/C20H25N7O2/c1-11-9-29-10-13-6-15(18(21)16(7-13)26(3)22)25-14-4-5-17-24-12(2)19(20(28)23-11)27(17)8-14/h4-8,11,25H,9-10,21-22H2,1-3H3,(H,23,28). The molecule has 0 spiro atoms. The summed E-state index contributed by atoms with van der Waals surface area (Å²) in [4.78, 5) is 17.3. The zero-order chi connectivity index (χ0) is 20.7. The minimum absolute atomic E-state index is 0.165. The first-order chi connectivity index (χ1) is 13.8. The average Bonchev–Trinajstić information content (AvgIpc) is 2.98. The molecule has 4 rings (SSSR count). The number of nitrogens with two attached hydrogens (primary N) is 2. The monoisotopic (exact) mass is 395 g/mol. The fourth-order valence-corrected chi connectivity index (χ4v) is 3.53. The molecule has 0 saturated carbocycles. The Balaban J connectivity index is 1.88.